The fourth-order valence-electron chi connectivity index (χ4n) is 1.05. The molecule has 56 valence electrons. The van der Waals surface area contributed by atoms with E-state index in [1.54, 1.807) is 6.20 Å². The summed E-state index contributed by atoms with van der Waals surface area (Å²) in [4.78, 5) is 14.7. The van der Waals surface area contributed by atoms with Gasteiger partial charge < -0.3 is 10.6 Å². The number of hydrogen-bond acceptors (Lipinski definition) is 3. The summed E-state index contributed by atoms with van der Waals surface area (Å²) >= 11 is 0. The van der Waals surface area contributed by atoms with Crippen LogP contribution >= 0.6 is 0 Å². The van der Waals surface area contributed by atoms with Crippen LogP contribution in [0.1, 0.15) is 0 Å². The van der Waals surface area contributed by atoms with Crippen molar-refractivity contribution in [3.8, 4) is 0 Å². The van der Waals surface area contributed by atoms with Gasteiger partial charge in [-0.2, -0.15) is 0 Å². The molecule has 0 atom stereocenters. The summed E-state index contributed by atoms with van der Waals surface area (Å²) in [5.74, 6) is -0.175. The van der Waals surface area contributed by atoms with Gasteiger partial charge in [-0.3, -0.25) is 9.79 Å². The van der Waals surface area contributed by atoms with Crippen LogP contribution in [0, 0.1) is 0 Å². The summed E-state index contributed by atoms with van der Waals surface area (Å²) in [5.41, 5.74) is 1.71. The highest BCUT2D eigenvalue weighted by Gasteiger charge is 2.13. The molecule has 0 bridgehead atoms. The maximum absolute atomic E-state index is 10.9. The average Bonchev–Trinajstić information content (AvgIpc) is 2.31. The molecule has 2 aliphatic rings. The van der Waals surface area contributed by atoms with Gasteiger partial charge in [0.1, 0.15) is 0 Å². The molecule has 2 N–H and O–H groups in total. The van der Waals surface area contributed by atoms with Gasteiger partial charge in [-0.15, -0.1) is 0 Å². The first-order chi connectivity index (χ1) is 5.36. The van der Waals surface area contributed by atoms with Gasteiger partial charge in [0.2, 0.25) is 0 Å². The van der Waals surface area contributed by atoms with Gasteiger partial charge in [-0.25, -0.2) is 0 Å². The van der Waals surface area contributed by atoms with Crippen molar-refractivity contribution in [2.45, 2.75) is 0 Å². The maximum Gasteiger partial charge on any atom is 0.266 e. The van der Waals surface area contributed by atoms with E-state index in [2.05, 4.69) is 15.6 Å². The van der Waals surface area contributed by atoms with E-state index in [4.69, 9.17) is 0 Å². The molecule has 0 aromatic heterocycles. The van der Waals surface area contributed by atoms with E-state index < -0.39 is 0 Å². The molecular formula is C7H7N3O. The molecular weight excluding hydrogens is 142 g/mol. The van der Waals surface area contributed by atoms with Gasteiger partial charge in [-0.05, 0) is 6.08 Å². The SMILES string of the molecule is O=C1C=NC=C2NCC=C2N1. The molecule has 4 nitrogen and oxygen atoms in total. The fraction of sp³-hybridized carbons (Fsp3) is 0.143. The van der Waals surface area contributed by atoms with Crippen LogP contribution in [-0.2, 0) is 4.79 Å². The smallest absolute Gasteiger partial charge is 0.266 e. The molecule has 2 heterocycles. The molecule has 0 aliphatic carbocycles. The first-order valence-corrected chi connectivity index (χ1v) is 3.35. The van der Waals surface area contributed by atoms with Gasteiger partial charge >= 0.3 is 0 Å². The predicted octanol–water partition coefficient (Wildman–Crippen LogP) is -0.485. The van der Waals surface area contributed by atoms with Crippen LogP contribution in [0.15, 0.2) is 28.7 Å². The maximum atomic E-state index is 10.9. The zero-order valence-electron chi connectivity index (χ0n) is 5.79. The number of carbonyl (C=O) groups excluding carboxylic acids is 1. The zero-order valence-corrected chi connectivity index (χ0v) is 5.79. The van der Waals surface area contributed by atoms with Crippen molar-refractivity contribution in [2.75, 3.05) is 6.54 Å². The van der Waals surface area contributed by atoms with E-state index >= 15 is 0 Å². The topological polar surface area (TPSA) is 53.5 Å². The van der Waals surface area contributed by atoms with E-state index in [1.807, 2.05) is 6.08 Å². The molecule has 0 fully saturated rings. The number of fused-ring (bicyclic) bond motifs is 1. The number of carbonyl (C=O) groups is 1. The minimum Gasteiger partial charge on any atom is -0.379 e. The third-order valence-corrected chi connectivity index (χ3v) is 1.54. The van der Waals surface area contributed by atoms with Gasteiger partial charge in [0.05, 0.1) is 23.8 Å². The van der Waals surface area contributed by atoms with Crippen LogP contribution in [0.2, 0.25) is 0 Å². The van der Waals surface area contributed by atoms with Crippen molar-refractivity contribution < 1.29 is 4.79 Å². The van der Waals surface area contributed by atoms with Crippen LogP contribution in [0.3, 0.4) is 0 Å². The summed E-state index contributed by atoms with van der Waals surface area (Å²) in [6.07, 6.45) is 4.81. The molecule has 0 spiro atoms. The molecule has 1 amide bonds. The Morgan fingerprint density at radius 3 is 3.27 bits per heavy atom. The van der Waals surface area contributed by atoms with Crippen LogP contribution in [0.5, 0.6) is 0 Å². The summed E-state index contributed by atoms with van der Waals surface area (Å²) in [5, 5.41) is 5.74. The molecule has 4 heteroatoms. The summed E-state index contributed by atoms with van der Waals surface area (Å²) in [6, 6.07) is 0. The Hall–Kier alpha value is -1.58. The van der Waals surface area contributed by atoms with Crippen LogP contribution in [-0.4, -0.2) is 18.7 Å². The van der Waals surface area contributed by atoms with Crippen molar-refractivity contribution >= 4 is 12.1 Å². The van der Waals surface area contributed by atoms with Gasteiger partial charge in [0.15, 0.2) is 0 Å². The monoisotopic (exact) mass is 149 g/mol. The normalized spacial score (nSPS) is 20.9. The highest BCUT2D eigenvalue weighted by molar-refractivity contribution is 6.27. The summed E-state index contributed by atoms with van der Waals surface area (Å²) in [7, 11) is 0. The molecule has 0 saturated heterocycles. The quantitative estimate of drug-likeness (QED) is 0.488. The number of hydrogen-bond donors (Lipinski definition) is 2. The lowest BCUT2D eigenvalue weighted by molar-refractivity contribution is -0.113. The molecule has 2 aliphatic heterocycles. The largest absolute Gasteiger partial charge is 0.379 e. The second-order valence-corrected chi connectivity index (χ2v) is 2.31. The number of aliphatic imine (C=N–C) groups is 1. The minimum absolute atomic E-state index is 0.175. The molecule has 0 saturated carbocycles. The van der Waals surface area contributed by atoms with Gasteiger partial charge in [-0.1, -0.05) is 0 Å². The first-order valence-electron chi connectivity index (χ1n) is 3.35. The van der Waals surface area contributed by atoms with Gasteiger partial charge in [0.25, 0.3) is 5.91 Å². The molecule has 0 radical (unpaired) electrons. The highest BCUT2D eigenvalue weighted by Crippen LogP contribution is 2.10. The van der Waals surface area contributed by atoms with Crippen LogP contribution < -0.4 is 10.6 Å². The number of amides is 1. The van der Waals surface area contributed by atoms with E-state index in [0.717, 1.165) is 17.9 Å². The van der Waals surface area contributed by atoms with E-state index in [9.17, 15) is 4.79 Å². The molecule has 0 unspecified atom stereocenters. The van der Waals surface area contributed by atoms with Crippen LogP contribution in [0.4, 0.5) is 0 Å². The number of nitrogens with zero attached hydrogens (tertiary/aromatic N) is 1. The highest BCUT2D eigenvalue weighted by atomic mass is 16.1. The lowest BCUT2D eigenvalue weighted by Gasteiger charge is -2.01. The Bertz CT molecular complexity index is 288. The zero-order chi connectivity index (χ0) is 7.68. The predicted molar refractivity (Wildman–Crippen MR) is 40.8 cm³/mol. The van der Waals surface area contributed by atoms with Crippen molar-refractivity contribution in [1.29, 1.82) is 0 Å². The van der Waals surface area contributed by atoms with Crippen molar-refractivity contribution in [2.24, 2.45) is 4.99 Å². The van der Waals surface area contributed by atoms with Crippen molar-refractivity contribution in [3.05, 3.63) is 23.7 Å². The molecule has 2 rings (SSSR count). The lowest BCUT2D eigenvalue weighted by Crippen LogP contribution is -2.23. The lowest BCUT2D eigenvalue weighted by atomic mass is 10.4. The van der Waals surface area contributed by atoms with Crippen molar-refractivity contribution in [3.63, 3.8) is 0 Å². The van der Waals surface area contributed by atoms with E-state index in [-0.39, 0.29) is 5.91 Å². The van der Waals surface area contributed by atoms with Crippen LogP contribution in [0.25, 0.3) is 0 Å². The third-order valence-electron chi connectivity index (χ3n) is 1.54. The van der Waals surface area contributed by atoms with Crippen molar-refractivity contribution in [1.82, 2.24) is 10.6 Å². The standard InChI is InChI=1S/C7H7N3O/c11-7-4-8-3-6-5(10-7)1-2-9-6/h1,3-4,9H,2H2,(H,10,11). The Morgan fingerprint density at radius 1 is 1.45 bits per heavy atom. The number of rotatable bonds is 0. The first kappa shape index (κ1) is 6.15. The Labute approximate surface area is 63.7 Å². The average molecular weight is 149 g/mol. The number of nitrogens with one attached hydrogen (secondary N) is 2. The Balaban J connectivity index is 2.34. The second-order valence-electron chi connectivity index (χ2n) is 2.31. The molecule has 11 heavy (non-hydrogen) atoms. The molecule has 0 aromatic carbocycles. The minimum atomic E-state index is -0.175. The Kier molecular flexibility index (Phi) is 1.25. The Morgan fingerprint density at radius 2 is 2.36 bits per heavy atom. The molecule has 0 aromatic rings. The summed E-state index contributed by atoms with van der Waals surface area (Å²) in [6.45, 7) is 0.761. The van der Waals surface area contributed by atoms with E-state index in [0.29, 0.717) is 0 Å². The van der Waals surface area contributed by atoms with E-state index in [1.165, 1.54) is 6.21 Å². The van der Waals surface area contributed by atoms with Gasteiger partial charge in [0, 0.05) is 6.54 Å². The third kappa shape index (κ3) is 1.02. The second kappa shape index (κ2) is 2.23. The summed E-state index contributed by atoms with van der Waals surface area (Å²) < 4.78 is 0. The fourth-order valence-corrected chi connectivity index (χ4v) is 1.05.